The second kappa shape index (κ2) is 8.11. The Morgan fingerprint density at radius 3 is 1.97 bits per heavy atom. The molecule has 0 bridgehead atoms. The molecule has 3 aromatic rings. The summed E-state index contributed by atoms with van der Waals surface area (Å²) in [5, 5.41) is 26.3. The molecule has 0 radical (unpaired) electrons. The van der Waals surface area contributed by atoms with E-state index in [-0.39, 0.29) is 22.8 Å². The van der Waals surface area contributed by atoms with Gasteiger partial charge in [0.25, 0.3) is 0 Å². The summed E-state index contributed by atoms with van der Waals surface area (Å²) >= 11 is 0. The summed E-state index contributed by atoms with van der Waals surface area (Å²) in [4.78, 5) is 22.9. The van der Waals surface area contributed by atoms with Crippen LogP contribution in [0.4, 0.5) is 0 Å². The van der Waals surface area contributed by atoms with Gasteiger partial charge in [-0.2, -0.15) is 0 Å². The molecule has 0 saturated heterocycles. The van der Waals surface area contributed by atoms with Crippen LogP contribution in [0.3, 0.4) is 0 Å². The summed E-state index contributed by atoms with van der Waals surface area (Å²) in [6.07, 6.45) is 0. The number of aromatic nitrogens is 3. The van der Waals surface area contributed by atoms with Crippen LogP contribution in [0, 0.1) is 6.92 Å². The lowest BCUT2D eigenvalue weighted by atomic mass is 9.99. The molecule has 1 aromatic heterocycles. The Hall–Kier alpha value is -4.08. The molecule has 0 aliphatic carbocycles. The van der Waals surface area contributed by atoms with Crippen LogP contribution in [-0.2, 0) is 0 Å². The van der Waals surface area contributed by atoms with E-state index in [4.69, 9.17) is 19.3 Å². The molecule has 0 saturated carbocycles. The van der Waals surface area contributed by atoms with Crippen LogP contribution >= 0.6 is 0 Å². The summed E-state index contributed by atoms with van der Waals surface area (Å²) in [7, 11) is 4.19. The molecule has 2 aromatic carbocycles. The number of aromatic carboxylic acids is 2. The number of nitrogens with zero attached hydrogens (tertiary/aromatic N) is 3. The second-order valence-electron chi connectivity index (χ2n) is 6.16. The molecule has 156 valence electrons. The first-order chi connectivity index (χ1) is 14.3. The quantitative estimate of drug-likeness (QED) is 0.599. The minimum Gasteiger partial charge on any atom is -0.492 e. The largest absolute Gasteiger partial charge is 0.492 e. The van der Waals surface area contributed by atoms with Gasteiger partial charge in [0.05, 0.1) is 32.7 Å². The number of ether oxygens (including phenoxy) is 3. The molecule has 2 N–H and O–H groups in total. The molecule has 1 heterocycles. The Kier molecular flexibility index (Phi) is 5.58. The Bertz CT molecular complexity index is 1120. The molecule has 0 atom stereocenters. The van der Waals surface area contributed by atoms with Gasteiger partial charge in [0.15, 0.2) is 17.2 Å². The van der Waals surface area contributed by atoms with Crippen molar-refractivity contribution in [2.24, 2.45) is 0 Å². The summed E-state index contributed by atoms with van der Waals surface area (Å²) < 4.78 is 17.5. The zero-order valence-corrected chi connectivity index (χ0v) is 16.7. The van der Waals surface area contributed by atoms with Gasteiger partial charge in [-0.05, 0) is 30.7 Å². The van der Waals surface area contributed by atoms with E-state index in [1.54, 1.807) is 31.2 Å². The molecule has 10 heteroatoms. The maximum absolute atomic E-state index is 11.7. The Morgan fingerprint density at radius 1 is 0.900 bits per heavy atom. The third-order valence-corrected chi connectivity index (χ3v) is 4.55. The van der Waals surface area contributed by atoms with E-state index in [9.17, 15) is 14.7 Å². The van der Waals surface area contributed by atoms with Gasteiger partial charge in [-0.15, -0.1) is 5.10 Å². The molecule has 3 rings (SSSR count). The monoisotopic (exact) mass is 413 g/mol. The Labute approximate surface area is 171 Å². The van der Waals surface area contributed by atoms with Crippen LogP contribution in [-0.4, -0.2) is 58.5 Å². The molecule has 0 aliphatic heterocycles. The van der Waals surface area contributed by atoms with Gasteiger partial charge in [0, 0.05) is 5.56 Å². The van der Waals surface area contributed by atoms with Gasteiger partial charge in [0.1, 0.15) is 5.56 Å². The lowest BCUT2D eigenvalue weighted by molar-refractivity contribution is 0.0680. The van der Waals surface area contributed by atoms with Crippen LogP contribution in [0.2, 0.25) is 0 Å². The van der Waals surface area contributed by atoms with E-state index in [2.05, 4.69) is 10.3 Å². The van der Waals surface area contributed by atoms with E-state index in [1.165, 1.54) is 32.1 Å². The number of carboxylic acid groups (broad SMARTS) is 2. The summed E-state index contributed by atoms with van der Waals surface area (Å²) in [6, 6.07) is 8.32. The average Bonchev–Trinajstić information content (AvgIpc) is 3.13. The van der Waals surface area contributed by atoms with Crippen LogP contribution in [0.15, 0.2) is 30.3 Å². The summed E-state index contributed by atoms with van der Waals surface area (Å²) in [6.45, 7) is 1.61. The van der Waals surface area contributed by atoms with E-state index in [0.29, 0.717) is 28.3 Å². The van der Waals surface area contributed by atoms with Crippen molar-refractivity contribution in [3.05, 3.63) is 47.3 Å². The highest BCUT2D eigenvalue weighted by Crippen LogP contribution is 2.46. The van der Waals surface area contributed by atoms with Crippen LogP contribution in [0.25, 0.3) is 16.8 Å². The van der Waals surface area contributed by atoms with Crippen LogP contribution < -0.4 is 14.2 Å². The number of hydrogen-bond donors (Lipinski definition) is 2. The third kappa shape index (κ3) is 3.39. The first-order valence-electron chi connectivity index (χ1n) is 8.66. The fourth-order valence-corrected chi connectivity index (χ4v) is 3.14. The molecular weight excluding hydrogens is 394 g/mol. The predicted octanol–water partition coefficient (Wildman–Crippen LogP) is 2.66. The molecule has 10 nitrogen and oxygen atoms in total. The van der Waals surface area contributed by atoms with Crippen molar-refractivity contribution in [2.75, 3.05) is 21.3 Å². The number of rotatable bonds is 7. The Balaban J connectivity index is 2.13. The van der Waals surface area contributed by atoms with Crippen LogP contribution in [0.1, 0.15) is 26.5 Å². The van der Waals surface area contributed by atoms with Crippen LogP contribution in [0.5, 0.6) is 17.2 Å². The Morgan fingerprint density at radius 2 is 1.50 bits per heavy atom. The van der Waals surface area contributed by atoms with Crippen molar-refractivity contribution in [2.45, 2.75) is 6.92 Å². The minimum atomic E-state index is -1.18. The lowest BCUT2D eigenvalue weighted by Gasteiger charge is -2.18. The average molecular weight is 413 g/mol. The highest BCUT2D eigenvalue weighted by molar-refractivity contribution is 5.96. The van der Waals surface area contributed by atoms with Gasteiger partial charge in [-0.3, -0.25) is 0 Å². The SMILES string of the molecule is COc1c(C(=O)O)cc(-c2ccc(-n3nnc(C(=O)O)c3C)cc2)c(OC)c1OC. The van der Waals surface area contributed by atoms with Crippen molar-refractivity contribution in [1.82, 2.24) is 15.0 Å². The van der Waals surface area contributed by atoms with E-state index in [0.717, 1.165) is 0 Å². The summed E-state index contributed by atoms with van der Waals surface area (Å²) in [5.74, 6) is -1.80. The fraction of sp³-hybridized carbons (Fsp3) is 0.200. The smallest absolute Gasteiger partial charge is 0.358 e. The van der Waals surface area contributed by atoms with Gasteiger partial charge in [-0.1, -0.05) is 17.3 Å². The molecule has 0 fully saturated rings. The number of carboxylic acids is 2. The second-order valence-corrected chi connectivity index (χ2v) is 6.16. The van der Waals surface area contributed by atoms with E-state index >= 15 is 0 Å². The van der Waals surface area contributed by atoms with Crippen molar-refractivity contribution < 1.29 is 34.0 Å². The van der Waals surface area contributed by atoms with Crippen molar-refractivity contribution >= 4 is 11.9 Å². The number of carbonyl (C=O) groups is 2. The molecule has 0 unspecified atom stereocenters. The first kappa shape index (κ1) is 20.6. The van der Waals surface area contributed by atoms with Gasteiger partial charge in [-0.25, -0.2) is 14.3 Å². The molecule has 30 heavy (non-hydrogen) atoms. The van der Waals surface area contributed by atoms with E-state index in [1.807, 2.05) is 0 Å². The van der Waals surface area contributed by atoms with E-state index < -0.39 is 11.9 Å². The third-order valence-electron chi connectivity index (χ3n) is 4.55. The highest BCUT2D eigenvalue weighted by atomic mass is 16.5. The van der Waals surface area contributed by atoms with Crippen molar-refractivity contribution in [1.29, 1.82) is 0 Å². The maximum atomic E-state index is 11.7. The highest BCUT2D eigenvalue weighted by Gasteiger charge is 2.25. The minimum absolute atomic E-state index is 0.0571. The molecule has 0 amide bonds. The molecular formula is C20H19N3O7. The lowest BCUT2D eigenvalue weighted by Crippen LogP contribution is -2.05. The number of hydrogen-bond acceptors (Lipinski definition) is 7. The van der Waals surface area contributed by atoms with Gasteiger partial charge < -0.3 is 24.4 Å². The maximum Gasteiger partial charge on any atom is 0.358 e. The fourth-order valence-electron chi connectivity index (χ4n) is 3.14. The number of benzene rings is 2. The normalized spacial score (nSPS) is 10.5. The number of methoxy groups -OCH3 is 3. The van der Waals surface area contributed by atoms with Crippen molar-refractivity contribution in [3.63, 3.8) is 0 Å². The topological polar surface area (TPSA) is 133 Å². The zero-order chi connectivity index (χ0) is 22.0. The zero-order valence-electron chi connectivity index (χ0n) is 16.7. The predicted molar refractivity (Wildman–Crippen MR) is 105 cm³/mol. The molecule has 0 spiro atoms. The molecule has 0 aliphatic rings. The standard InChI is InChI=1S/C20H19N3O7/c1-10-15(20(26)27)21-22-23(10)12-7-5-11(6-8-12)13-9-14(19(24)25)17(29-3)18(30-4)16(13)28-2/h5-9H,1-4H3,(H,24,25)(H,26,27). The summed E-state index contributed by atoms with van der Waals surface area (Å²) in [5.41, 5.74) is 1.90. The first-order valence-corrected chi connectivity index (χ1v) is 8.66. The van der Waals surface area contributed by atoms with Gasteiger partial charge in [0.2, 0.25) is 5.75 Å². The van der Waals surface area contributed by atoms with Gasteiger partial charge >= 0.3 is 11.9 Å². The van der Waals surface area contributed by atoms with Crippen molar-refractivity contribution in [3.8, 4) is 34.1 Å².